The summed E-state index contributed by atoms with van der Waals surface area (Å²) in [6.45, 7) is 2.88. The quantitative estimate of drug-likeness (QED) is 0.439. The van der Waals surface area contributed by atoms with Crippen molar-refractivity contribution in [1.82, 2.24) is 9.97 Å². The fourth-order valence-electron chi connectivity index (χ4n) is 3.95. The number of nitrogens with zero attached hydrogens (tertiary/aromatic N) is 4. The SMILES string of the molecule is CCc1ccccc1-c1cccc(N2CN(c3ccccc3)c3nccnc32)c1. The summed E-state index contributed by atoms with van der Waals surface area (Å²) in [6, 6.07) is 27.7. The zero-order chi connectivity index (χ0) is 19.6. The fraction of sp³-hybridized carbons (Fsp3) is 0.120. The summed E-state index contributed by atoms with van der Waals surface area (Å²) in [4.78, 5) is 13.7. The fourth-order valence-corrected chi connectivity index (χ4v) is 3.95. The molecule has 0 atom stereocenters. The Bertz CT molecular complexity index is 1140. The number of fused-ring (bicyclic) bond motifs is 1. The maximum absolute atomic E-state index is 4.65. The summed E-state index contributed by atoms with van der Waals surface area (Å²) < 4.78 is 0. The van der Waals surface area contributed by atoms with E-state index in [-0.39, 0.29) is 0 Å². The molecule has 1 aromatic heterocycles. The molecule has 0 spiro atoms. The van der Waals surface area contributed by atoms with Crippen LogP contribution in [-0.4, -0.2) is 16.6 Å². The van der Waals surface area contributed by atoms with Crippen LogP contribution >= 0.6 is 0 Å². The molecule has 0 aliphatic carbocycles. The van der Waals surface area contributed by atoms with Gasteiger partial charge >= 0.3 is 0 Å². The Hall–Kier alpha value is -3.66. The molecule has 1 aliphatic rings. The molecule has 142 valence electrons. The first kappa shape index (κ1) is 17.4. The van der Waals surface area contributed by atoms with E-state index in [1.807, 2.05) is 6.07 Å². The standard InChI is InChI=1S/C25H22N4/c1-2-19-9-6-7-14-23(19)20-10-8-13-22(17-20)29-18-28(21-11-4-3-5-12-21)24-25(29)27-16-15-26-24/h3-17H,2,18H2,1H3. The van der Waals surface area contributed by atoms with Crippen LogP contribution < -0.4 is 9.80 Å². The lowest BCUT2D eigenvalue weighted by Gasteiger charge is -2.21. The number of para-hydroxylation sites is 1. The third-order valence-electron chi connectivity index (χ3n) is 5.39. The van der Waals surface area contributed by atoms with Crippen molar-refractivity contribution in [3.05, 3.63) is 96.8 Å². The summed E-state index contributed by atoms with van der Waals surface area (Å²) >= 11 is 0. The second-order valence-corrected chi connectivity index (χ2v) is 7.10. The molecular weight excluding hydrogens is 356 g/mol. The number of aryl methyl sites for hydroxylation is 1. The van der Waals surface area contributed by atoms with Crippen molar-refractivity contribution in [1.29, 1.82) is 0 Å². The van der Waals surface area contributed by atoms with E-state index in [0.717, 1.165) is 29.4 Å². The topological polar surface area (TPSA) is 32.3 Å². The molecule has 1 aliphatic heterocycles. The lowest BCUT2D eigenvalue weighted by atomic mass is 9.98. The summed E-state index contributed by atoms with van der Waals surface area (Å²) in [7, 11) is 0. The van der Waals surface area contributed by atoms with Crippen molar-refractivity contribution in [2.75, 3.05) is 16.5 Å². The molecule has 0 saturated carbocycles. The smallest absolute Gasteiger partial charge is 0.178 e. The molecule has 4 aromatic rings. The Kier molecular flexibility index (Phi) is 4.45. The molecule has 4 nitrogen and oxygen atoms in total. The highest BCUT2D eigenvalue weighted by atomic mass is 15.4. The minimum absolute atomic E-state index is 0.683. The van der Waals surface area contributed by atoms with E-state index in [2.05, 4.69) is 99.5 Å². The van der Waals surface area contributed by atoms with Gasteiger partial charge in [-0.05, 0) is 47.4 Å². The molecule has 0 unspecified atom stereocenters. The Balaban J connectivity index is 1.57. The monoisotopic (exact) mass is 378 g/mol. The van der Waals surface area contributed by atoms with Crippen molar-refractivity contribution in [2.45, 2.75) is 13.3 Å². The molecule has 0 bridgehead atoms. The minimum Gasteiger partial charge on any atom is -0.305 e. The largest absolute Gasteiger partial charge is 0.305 e. The molecule has 0 fully saturated rings. The van der Waals surface area contributed by atoms with E-state index in [0.29, 0.717) is 6.67 Å². The zero-order valence-electron chi connectivity index (χ0n) is 16.4. The highest BCUT2D eigenvalue weighted by molar-refractivity contribution is 5.83. The van der Waals surface area contributed by atoms with Crippen molar-refractivity contribution >= 4 is 23.0 Å². The first-order valence-corrected chi connectivity index (χ1v) is 9.94. The predicted molar refractivity (Wildman–Crippen MR) is 119 cm³/mol. The van der Waals surface area contributed by atoms with Gasteiger partial charge in [0.05, 0.1) is 0 Å². The van der Waals surface area contributed by atoms with Gasteiger partial charge in [0.1, 0.15) is 6.67 Å². The number of hydrogen-bond acceptors (Lipinski definition) is 4. The highest BCUT2D eigenvalue weighted by Crippen LogP contribution is 2.41. The van der Waals surface area contributed by atoms with Gasteiger partial charge in [-0.15, -0.1) is 0 Å². The van der Waals surface area contributed by atoms with E-state index in [4.69, 9.17) is 0 Å². The Labute approximate surface area is 171 Å². The molecule has 3 aromatic carbocycles. The number of anilines is 4. The van der Waals surface area contributed by atoms with Crippen LogP contribution in [0.3, 0.4) is 0 Å². The second kappa shape index (κ2) is 7.40. The van der Waals surface area contributed by atoms with Gasteiger partial charge in [-0.25, -0.2) is 9.97 Å². The van der Waals surface area contributed by atoms with Gasteiger partial charge in [-0.2, -0.15) is 0 Å². The molecule has 5 rings (SSSR count). The molecular formula is C25H22N4. The third kappa shape index (κ3) is 3.13. The van der Waals surface area contributed by atoms with Crippen molar-refractivity contribution in [2.24, 2.45) is 0 Å². The van der Waals surface area contributed by atoms with Gasteiger partial charge in [-0.1, -0.05) is 61.5 Å². The van der Waals surface area contributed by atoms with E-state index in [1.54, 1.807) is 12.4 Å². The highest BCUT2D eigenvalue weighted by Gasteiger charge is 2.30. The maximum atomic E-state index is 4.65. The van der Waals surface area contributed by atoms with Crippen LogP contribution in [0.1, 0.15) is 12.5 Å². The van der Waals surface area contributed by atoms with Crippen LogP contribution in [0.15, 0.2) is 91.3 Å². The Morgan fingerprint density at radius 2 is 1.38 bits per heavy atom. The summed E-state index contributed by atoms with van der Waals surface area (Å²) in [5.41, 5.74) is 6.11. The lowest BCUT2D eigenvalue weighted by Crippen LogP contribution is -2.24. The first-order chi connectivity index (χ1) is 14.3. The van der Waals surface area contributed by atoms with Crippen molar-refractivity contribution in [3.63, 3.8) is 0 Å². The van der Waals surface area contributed by atoms with E-state index < -0.39 is 0 Å². The van der Waals surface area contributed by atoms with Crippen molar-refractivity contribution in [3.8, 4) is 11.1 Å². The summed E-state index contributed by atoms with van der Waals surface area (Å²) in [5.74, 6) is 1.77. The molecule has 4 heteroatoms. The first-order valence-electron chi connectivity index (χ1n) is 9.94. The molecule has 0 radical (unpaired) electrons. The minimum atomic E-state index is 0.683. The van der Waals surface area contributed by atoms with E-state index in [9.17, 15) is 0 Å². The van der Waals surface area contributed by atoms with Gasteiger partial charge in [0, 0.05) is 23.8 Å². The molecule has 0 saturated heterocycles. The zero-order valence-corrected chi connectivity index (χ0v) is 16.4. The van der Waals surface area contributed by atoms with Gasteiger partial charge in [-0.3, -0.25) is 0 Å². The number of rotatable bonds is 4. The Morgan fingerprint density at radius 3 is 2.14 bits per heavy atom. The third-order valence-corrected chi connectivity index (χ3v) is 5.39. The average molecular weight is 378 g/mol. The van der Waals surface area contributed by atoms with Crippen LogP contribution in [-0.2, 0) is 6.42 Å². The van der Waals surface area contributed by atoms with E-state index in [1.165, 1.54) is 16.7 Å². The van der Waals surface area contributed by atoms with Gasteiger partial charge in [0.2, 0.25) is 0 Å². The average Bonchev–Trinajstić information content (AvgIpc) is 3.19. The molecule has 0 N–H and O–H groups in total. The molecule has 29 heavy (non-hydrogen) atoms. The van der Waals surface area contributed by atoms with Gasteiger partial charge in [0.25, 0.3) is 0 Å². The maximum Gasteiger partial charge on any atom is 0.178 e. The van der Waals surface area contributed by atoms with Crippen LogP contribution in [0.4, 0.5) is 23.0 Å². The van der Waals surface area contributed by atoms with Crippen LogP contribution in [0, 0.1) is 0 Å². The van der Waals surface area contributed by atoms with Gasteiger partial charge in [0.15, 0.2) is 11.6 Å². The van der Waals surface area contributed by atoms with Crippen LogP contribution in [0.25, 0.3) is 11.1 Å². The number of hydrogen-bond donors (Lipinski definition) is 0. The molecule has 0 amide bonds. The normalized spacial score (nSPS) is 12.9. The van der Waals surface area contributed by atoms with Gasteiger partial charge < -0.3 is 9.80 Å². The number of benzene rings is 3. The van der Waals surface area contributed by atoms with Crippen molar-refractivity contribution < 1.29 is 0 Å². The second-order valence-electron chi connectivity index (χ2n) is 7.10. The predicted octanol–water partition coefficient (Wildman–Crippen LogP) is 5.95. The number of aromatic nitrogens is 2. The summed E-state index contributed by atoms with van der Waals surface area (Å²) in [6.07, 6.45) is 4.53. The molecule has 2 heterocycles. The van der Waals surface area contributed by atoms with E-state index >= 15 is 0 Å². The summed E-state index contributed by atoms with van der Waals surface area (Å²) in [5, 5.41) is 0. The van der Waals surface area contributed by atoms with Crippen LogP contribution in [0.5, 0.6) is 0 Å². The lowest BCUT2D eigenvalue weighted by molar-refractivity contribution is 0.976. The van der Waals surface area contributed by atoms with Crippen LogP contribution in [0.2, 0.25) is 0 Å². The Morgan fingerprint density at radius 1 is 0.724 bits per heavy atom.